The average Bonchev–Trinajstić information content (AvgIpc) is 2.23. The van der Waals surface area contributed by atoms with E-state index in [1.165, 1.54) is 6.07 Å². The molecule has 102 valence electrons. The van der Waals surface area contributed by atoms with Crippen molar-refractivity contribution in [1.82, 2.24) is 0 Å². The molecule has 0 aromatic heterocycles. The van der Waals surface area contributed by atoms with Crippen molar-refractivity contribution in [2.24, 2.45) is 5.14 Å². The minimum atomic E-state index is -4.55. The second-order valence-electron chi connectivity index (χ2n) is 3.62. The molecule has 0 aliphatic heterocycles. The molecule has 0 bridgehead atoms. The van der Waals surface area contributed by atoms with Crippen molar-refractivity contribution < 1.29 is 26.5 Å². The second-order valence-corrected chi connectivity index (χ2v) is 6.57. The van der Waals surface area contributed by atoms with E-state index in [2.05, 4.69) is 0 Å². The van der Waals surface area contributed by atoms with Crippen molar-refractivity contribution in [2.45, 2.75) is 22.6 Å². The molecule has 7 nitrogen and oxygen atoms in total. The first-order chi connectivity index (χ1) is 8.16. The van der Waals surface area contributed by atoms with Crippen molar-refractivity contribution in [3.63, 3.8) is 0 Å². The Balaban J connectivity index is 3.40. The first-order valence-corrected chi connectivity index (χ1v) is 7.89. The number of primary sulfonamides is 1. The van der Waals surface area contributed by atoms with E-state index in [1.807, 2.05) is 0 Å². The summed E-state index contributed by atoms with van der Waals surface area (Å²) in [5, 5.41) is 13.6. The molecule has 0 spiro atoms. The van der Waals surface area contributed by atoms with E-state index >= 15 is 0 Å². The van der Waals surface area contributed by atoms with Gasteiger partial charge in [-0.3, -0.25) is 4.55 Å². The molecule has 0 atom stereocenters. The highest BCUT2D eigenvalue weighted by atomic mass is 32.2. The molecular formula is C9H13NO6S2. The monoisotopic (exact) mass is 295 g/mol. The third kappa shape index (κ3) is 3.75. The summed E-state index contributed by atoms with van der Waals surface area (Å²) in [6, 6.07) is 3.20. The van der Waals surface area contributed by atoms with E-state index in [9.17, 15) is 16.8 Å². The highest BCUT2D eigenvalue weighted by Crippen LogP contribution is 2.21. The number of hydrogen-bond acceptors (Lipinski definition) is 5. The molecule has 1 aromatic rings. The number of aliphatic hydroxyl groups excluding tert-OH is 1. The van der Waals surface area contributed by atoms with Crippen LogP contribution in [0.15, 0.2) is 28.0 Å². The largest absolute Gasteiger partial charge is 0.396 e. The summed E-state index contributed by atoms with van der Waals surface area (Å²) in [7, 11) is -8.60. The van der Waals surface area contributed by atoms with Crippen LogP contribution in [0, 0.1) is 0 Å². The summed E-state index contributed by atoms with van der Waals surface area (Å²) in [6.07, 6.45) is 0.480. The van der Waals surface area contributed by atoms with Crippen LogP contribution in [0.3, 0.4) is 0 Å². The highest BCUT2D eigenvalue weighted by molar-refractivity contribution is 7.89. The van der Waals surface area contributed by atoms with Gasteiger partial charge in [-0.1, -0.05) is 6.07 Å². The number of nitrogens with two attached hydrogens (primary N) is 1. The maximum Gasteiger partial charge on any atom is 0.294 e. The van der Waals surface area contributed by atoms with Crippen LogP contribution in [0.25, 0.3) is 0 Å². The van der Waals surface area contributed by atoms with Gasteiger partial charge in [-0.25, -0.2) is 13.6 Å². The smallest absolute Gasteiger partial charge is 0.294 e. The lowest BCUT2D eigenvalue weighted by molar-refractivity contribution is 0.288. The first kappa shape index (κ1) is 15.1. The summed E-state index contributed by atoms with van der Waals surface area (Å²) in [6.45, 7) is -0.151. The fourth-order valence-corrected chi connectivity index (χ4v) is 2.82. The lowest BCUT2D eigenvalue weighted by Gasteiger charge is -2.08. The standard InChI is InChI=1S/C9H13NO6S2/c10-17(12,13)8-4-3-7(2-1-5-11)9(6-8)18(14,15)16/h3-4,6,11H,1-2,5H2,(H2,10,12,13)(H,14,15,16). The van der Waals surface area contributed by atoms with Gasteiger partial charge in [0.05, 0.1) is 9.79 Å². The molecule has 0 heterocycles. The van der Waals surface area contributed by atoms with E-state index < -0.39 is 29.9 Å². The summed E-state index contributed by atoms with van der Waals surface area (Å²) in [4.78, 5) is -0.912. The zero-order valence-corrected chi connectivity index (χ0v) is 10.9. The van der Waals surface area contributed by atoms with Gasteiger partial charge >= 0.3 is 0 Å². The van der Waals surface area contributed by atoms with Crippen LogP contribution in [0.1, 0.15) is 12.0 Å². The van der Waals surface area contributed by atoms with Crippen LogP contribution in [0.2, 0.25) is 0 Å². The Bertz CT molecular complexity index is 635. The summed E-state index contributed by atoms with van der Waals surface area (Å²) < 4.78 is 53.5. The van der Waals surface area contributed by atoms with Crippen molar-refractivity contribution in [1.29, 1.82) is 0 Å². The fourth-order valence-electron chi connectivity index (χ4n) is 1.43. The van der Waals surface area contributed by atoms with E-state index in [4.69, 9.17) is 14.8 Å². The minimum Gasteiger partial charge on any atom is -0.396 e. The van der Waals surface area contributed by atoms with Crippen LogP contribution in [-0.4, -0.2) is 33.1 Å². The van der Waals surface area contributed by atoms with E-state index in [0.29, 0.717) is 0 Å². The molecule has 0 fully saturated rings. The summed E-state index contributed by atoms with van der Waals surface area (Å²) >= 11 is 0. The molecule has 9 heteroatoms. The molecule has 0 aliphatic rings. The molecule has 0 saturated carbocycles. The van der Waals surface area contributed by atoms with Crippen molar-refractivity contribution in [3.8, 4) is 0 Å². The summed E-state index contributed by atoms with van der Waals surface area (Å²) in [5.74, 6) is 0. The molecule has 0 saturated heterocycles. The molecule has 1 rings (SSSR count). The zero-order chi connectivity index (χ0) is 14.0. The Morgan fingerprint density at radius 3 is 2.22 bits per heavy atom. The number of sulfonamides is 1. The number of aryl methyl sites for hydroxylation is 1. The van der Waals surface area contributed by atoms with E-state index in [-0.39, 0.29) is 25.0 Å². The summed E-state index contributed by atoms with van der Waals surface area (Å²) in [5.41, 5.74) is 0.221. The van der Waals surface area contributed by atoms with E-state index in [1.54, 1.807) is 0 Å². The predicted molar refractivity (Wildman–Crippen MR) is 63.0 cm³/mol. The molecule has 1 aromatic carbocycles. The SMILES string of the molecule is NS(=O)(=O)c1ccc(CCCO)c(S(=O)(=O)O)c1. The third-order valence-corrected chi connectivity index (χ3v) is 4.10. The van der Waals surface area contributed by atoms with Crippen LogP contribution >= 0.6 is 0 Å². The molecular weight excluding hydrogens is 282 g/mol. The van der Waals surface area contributed by atoms with Gasteiger partial charge in [0.25, 0.3) is 10.1 Å². The van der Waals surface area contributed by atoms with E-state index in [0.717, 1.165) is 12.1 Å². The molecule has 4 N–H and O–H groups in total. The van der Waals surface area contributed by atoms with Gasteiger partial charge in [-0.2, -0.15) is 8.42 Å². The quantitative estimate of drug-likeness (QED) is 0.627. The fraction of sp³-hybridized carbons (Fsp3) is 0.333. The van der Waals surface area contributed by atoms with Gasteiger partial charge in [-0.15, -0.1) is 0 Å². The maximum atomic E-state index is 11.2. The van der Waals surface area contributed by atoms with Gasteiger partial charge in [0, 0.05) is 6.61 Å². The van der Waals surface area contributed by atoms with Gasteiger partial charge in [0.1, 0.15) is 0 Å². The van der Waals surface area contributed by atoms with Crippen molar-refractivity contribution >= 4 is 20.1 Å². The lowest BCUT2D eigenvalue weighted by atomic mass is 10.1. The Labute approximate surface area is 105 Å². The van der Waals surface area contributed by atoms with Gasteiger partial charge in [-0.05, 0) is 30.5 Å². The van der Waals surface area contributed by atoms with Crippen LogP contribution < -0.4 is 5.14 Å². The maximum absolute atomic E-state index is 11.2. The topological polar surface area (TPSA) is 135 Å². The number of aliphatic hydroxyl groups is 1. The average molecular weight is 295 g/mol. The second kappa shape index (κ2) is 5.33. The Kier molecular flexibility index (Phi) is 4.46. The number of benzene rings is 1. The molecule has 0 amide bonds. The molecule has 18 heavy (non-hydrogen) atoms. The van der Waals surface area contributed by atoms with Crippen LogP contribution in [0.4, 0.5) is 0 Å². The molecule has 0 radical (unpaired) electrons. The third-order valence-electron chi connectivity index (χ3n) is 2.25. The van der Waals surface area contributed by atoms with Crippen LogP contribution in [0.5, 0.6) is 0 Å². The first-order valence-electron chi connectivity index (χ1n) is 4.90. The number of rotatable bonds is 5. The Morgan fingerprint density at radius 1 is 1.17 bits per heavy atom. The minimum absolute atomic E-state index is 0.151. The number of hydrogen-bond donors (Lipinski definition) is 3. The molecule has 0 unspecified atom stereocenters. The lowest BCUT2D eigenvalue weighted by Crippen LogP contribution is -2.14. The van der Waals surface area contributed by atoms with Gasteiger partial charge < -0.3 is 5.11 Å². The van der Waals surface area contributed by atoms with Crippen molar-refractivity contribution in [3.05, 3.63) is 23.8 Å². The Morgan fingerprint density at radius 2 is 1.78 bits per heavy atom. The predicted octanol–water partition coefficient (Wildman–Crippen LogP) is -0.494. The zero-order valence-electron chi connectivity index (χ0n) is 9.27. The van der Waals surface area contributed by atoms with Crippen molar-refractivity contribution in [2.75, 3.05) is 6.61 Å². The molecule has 0 aliphatic carbocycles. The highest BCUT2D eigenvalue weighted by Gasteiger charge is 2.19. The van der Waals surface area contributed by atoms with Gasteiger partial charge in [0.15, 0.2) is 0 Å². The Hall–Kier alpha value is -1.00. The normalized spacial score (nSPS) is 12.6. The van der Waals surface area contributed by atoms with Crippen LogP contribution in [-0.2, 0) is 26.6 Å². The van der Waals surface area contributed by atoms with Gasteiger partial charge in [0.2, 0.25) is 10.0 Å².